The number of para-hydroxylation sites is 2. The number of aromatic nitrogens is 4. The maximum Gasteiger partial charge on any atom is 0.338 e. The number of hydrogen-bond donors (Lipinski definition) is 0. The molecule has 6 nitrogen and oxygen atoms in total. The Hall–Kier alpha value is -3.55. The molecule has 0 spiro atoms. The van der Waals surface area contributed by atoms with Crippen molar-refractivity contribution in [1.82, 2.24) is 19.3 Å². The number of imidazole rings is 1. The largest absolute Gasteiger partial charge is 0.451 e. The molecule has 0 fully saturated rings. The molecule has 4 rings (SSSR count). The minimum Gasteiger partial charge on any atom is -0.451 e. The lowest BCUT2D eigenvalue weighted by atomic mass is 10.1. The van der Waals surface area contributed by atoms with Gasteiger partial charge >= 0.3 is 12.5 Å². The van der Waals surface area contributed by atoms with E-state index in [1.165, 1.54) is 6.92 Å². The zero-order valence-electron chi connectivity index (χ0n) is 15.6. The molecule has 4 aromatic rings. The highest BCUT2D eigenvalue weighted by Gasteiger charge is 2.24. The molecule has 0 saturated carbocycles. The predicted octanol–water partition coefficient (Wildman–Crippen LogP) is 4.59. The maximum atomic E-state index is 13.6. The fourth-order valence-corrected chi connectivity index (χ4v) is 3.16. The lowest BCUT2D eigenvalue weighted by Crippen LogP contribution is -2.14. The first-order chi connectivity index (χ1) is 14.0. The highest BCUT2D eigenvalue weighted by molar-refractivity contribution is 5.89. The summed E-state index contributed by atoms with van der Waals surface area (Å²) in [6, 6.07) is 15.3. The number of carbonyl (C=O) groups excluding carboxylic acids is 1. The minimum absolute atomic E-state index is 0.00449. The van der Waals surface area contributed by atoms with Gasteiger partial charge in [-0.05, 0) is 42.8 Å². The molecule has 0 saturated heterocycles. The average Bonchev–Trinajstić information content (AvgIpc) is 3.35. The molecule has 29 heavy (non-hydrogen) atoms. The first-order valence-corrected chi connectivity index (χ1v) is 9.05. The number of fused-ring (bicyclic) bond motifs is 1. The highest BCUT2D eigenvalue weighted by Crippen LogP contribution is 2.28. The van der Waals surface area contributed by atoms with Crippen molar-refractivity contribution in [2.45, 2.75) is 26.1 Å². The summed E-state index contributed by atoms with van der Waals surface area (Å²) in [6.07, 6.45) is 2.60. The SMILES string of the molecule is CC(OC(=O)c1ccc(Cn2cccn2)cc1)c1nc2ccccc2n1C(F)F. The van der Waals surface area contributed by atoms with Crippen LogP contribution < -0.4 is 0 Å². The van der Waals surface area contributed by atoms with Gasteiger partial charge in [0.25, 0.3) is 0 Å². The Balaban J connectivity index is 1.51. The molecule has 0 aliphatic heterocycles. The van der Waals surface area contributed by atoms with Gasteiger partial charge in [0.15, 0.2) is 11.9 Å². The van der Waals surface area contributed by atoms with Gasteiger partial charge in [-0.2, -0.15) is 13.9 Å². The molecule has 0 aliphatic rings. The molecule has 2 aromatic carbocycles. The molecule has 0 radical (unpaired) electrons. The fraction of sp³-hybridized carbons (Fsp3) is 0.190. The molecule has 1 unspecified atom stereocenters. The zero-order chi connectivity index (χ0) is 20.4. The van der Waals surface area contributed by atoms with Gasteiger partial charge in [0, 0.05) is 12.4 Å². The number of benzene rings is 2. The van der Waals surface area contributed by atoms with Crippen LogP contribution >= 0.6 is 0 Å². The molecule has 148 valence electrons. The van der Waals surface area contributed by atoms with Crippen LogP contribution in [-0.2, 0) is 11.3 Å². The number of carbonyl (C=O) groups is 1. The molecule has 0 N–H and O–H groups in total. The monoisotopic (exact) mass is 396 g/mol. The molecule has 0 amide bonds. The third-order valence-corrected chi connectivity index (χ3v) is 4.56. The van der Waals surface area contributed by atoms with Crippen molar-refractivity contribution in [3.05, 3.63) is 83.9 Å². The van der Waals surface area contributed by atoms with Crippen LogP contribution in [0.5, 0.6) is 0 Å². The van der Waals surface area contributed by atoms with E-state index in [4.69, 9.17) is 4.74 Å². The third-order valence-electron chi connectivity index (χ3n) is 4.56. The van der Waals surface area contributed by atoms with Crippen LogP contribution in [0.4, 0.5) is 8.78 Å². The molecular formula is C21H18F2N4O2. The Labute approximate surface area is 165 Å². The summed E-state index contributed by atoms with van der Waals surface area (Å²) in [4.78, 5) is 16.7. The van der Waals surface area contributed by atoms with Crippen LogP contribution in [0.3, 0.4) is 0 Å². The van der Waals surface area contributed by atoms with Gasteiger partial charge in [0.05, 0.1) is 23.1 Å². The average molecular weight is 396 g/mol. The number of ether oxygens (including phenoxy) is 1. The van der Waals surface area contributed by atoms with E-state index in [-0.39, 0.29) is 5.82 Å². The normalized spacial score (nSPS) is 12.4. The second kappa shape index (κ2) is 7.83. The van der Waals surface area contributed by atoms with Crippen LogP contribution in [0.25, 0.3) is 11.0 Å². The first kappa shape index (κ1) is 18.8. The summed E-state index contributed by atoms with van der Waals surface area (Å²) in [6.45, 7) is -0.679. The van der Waals surface area contributed by atoms with E-state index in [2.05, 4.69) is 10.1 Å². The number of halogens is 2. The Kier molecular flexibility index (Phi) is 5.07. The van der Waals surface area contributed by atoms with E-state index in [9.17, 15) is 13.6 Å². The zero-order valence-corrected chi connectivity index (χ0v) is 15.6. The minimum atomic E-state index is -2.79. The second-order valence-electron chi connectivity index (χ2n) is 6.55. The molecule has 0 aliphatic carbocycles. The van der Waals surface area contributed by atoms with Gasteiger partial charge in [-0.1, -0.05) is 24.3 Å². The fourth-order valence-electron chi connectivity index (χ4n) is 3.16. The van der Waals surface area contributed by atoms with Gasteiger partial charge in [-0.25, -0.2) is 9.78 Å². The van der Waals surface area contributed by atoms with Gasteiger partial charge in [0.2, 0.25) is 0 Å². The van der Waals surface area contributed by atoms with Crippen LogP contribution in [-0.4, -0.2) is 25.3 Å². The van der Waals surface area contributed by atoms with E-state index >= 15 is 0 Å². The highest BCUT2D eigenvalue weighted by atomic mass is 19.3. The molecule has 0 bridgehead atoms. The van der Waals surface area contributed by atoms with Crippen LogP contribution in [0, 0.1) is 0 Å². The molecule has 8 heteroatoms. The van der Waals surface area contributed by atoms with Crippen molar-refractivity contribution < 1.29 is 18.3 Å². The first-order valence-electron chi connectivity index (χ1n) is 9.05. The summed E-state index contributed by atoms with van der Waals surface area (Å²) in [5, 5.41) is 4.14. The van der Waals surface area contributed by atoms with Crippen LogP contribution in [0.15, 0.2) is 67.0 Å². The lowest BCUT2D eigenvalue weighted by Gasteiger charge is -2.15. The number of esters is 1. The molecular weight excluding hydrogens is 378 g/mol. The lowest BCUT2D eigenvalue weighted by molar-refractivity contribution is 0.0233. The number of alkyl halides is 2. The number of hydrogen-bond acceptors (Lipinski definition) is 4. The second-order valence-corrected chi connectivity index (χ2v) is 6.55. The topological polar surface area (TPSA) is 61.9 Å². The van der Waals surface area contributed by atoms with E-state index in [1.54, 1.807) is 59.4 Å². The van der Waals surface area contributed by atoms with Gasteiger partial charge in [0.1, 0.15) is 0 Å². The Morgan fingerprint density at radius 1 is 1.10 bits per heavy atom. The van der Waals surface area contributed by atoms with Crippen molar-refractivity contribution in [2.24, 2.45) is 0 Å². The van der Waals surface area contributed by atoms with Gasteiger partial charge < -0.3 is 4.74 Å². The Bertz CT molecular complexity index is 1120. The standard InChI is InChI=1S/C21H18F2N4O2/c1-14(19-25-17-5-2-3-6-18(17)27(19)21(22)23)29-20(28)16-9-7-15(8-10-16)13-26-12-4-11-24-26/h2-12,14,21H,13H2,1H3. The quantitative estimate of drug-likeness (QED) is 0.447. The summed E-state index contributed by atoms with van der Waals surface area (Å²) < 4.78 is 35.1. The van der Waals surface area contributed by atoms with Crippen molar-refractivity contribution in [1.29, 1.82) is 0 Å². The van der Waals surface area contributed by atoms with Gasteiger partial charge in [-0.3, -0.25) is 9.25 Å². The van der Waals surface area contributed by atoms with E-state index < -0.39 is 18.6 Å². The molecule has 2 aromatic heterocycles. The van der Waals surface area contributed by atoms with Crippen LogP contribution in [0.2, 0.25) is 0 Å². The smallest absolute Gasteiger partial charge is 0.338 e. The summed E-state index contributed by atoms with van der Waals surface area (Å²) >= 11 is 0. The Morgan fingerprint density at radius 2 is 1.86 bits per heavy atom. The predicted molar refractivity (Wildman–Crippen MR) is 103 cm³/mol. The van der Waals surface area contributed by atoms with Gasteiger partial charge in [-0.15, -0.1) is 0 Å². The van der Waals surface area contributed by atoms with E-state index in [0.29, 0.717) is 23.1 Å². The van der Waals surface area contributed by atoms with Crippen LogP contribution in [0.1, 0.15) is 41.3 Å². The van der Waals surface area contributed by atoms with E-state index in [0.717, 1.165) is 10.1 Å². The maximum absolute atomic E-state index is 13.6. The number of nitrogens with zero attached hydrogens (tertiary/aromatic N) is 4. The summed E-state index contributed by atoms with van der Waals surface area (Å²) in [5.41, 5.74) is 2.02. The third kappa shape index (κ3) is 3.87. The summed E-state index contributed by atoms with van der Waals surface area (Å²) in [7, 11) is 0. The van der Waals surface area contributed by atoms with Crippen molar-refractivity contribution in [3.8, 4) is 0 Å². The molecule has 2 heterocycles. The number of rotatable bonds is 6. The Morgan fingerprint density at radius 3 is 2.55 bits per heavy atom. The summed E-state index contributed by atoms with van der Waals surface area (Å²) in [5.74, 6) is -0.596. The van der Waals surface area contributed by atoms with Crippen molar-refractivity contribution in [2.75, 3.05) is 0 Å². The van der Waals surface area contributed by atoms with E-state index in [1.807, 2.05) is 12.3 Å². The van der Waals surface area contributed by atoms with Crippen molar-refractivity contribution in [3.63, 3.8) is 0 Å². The molecule has 1 atom stereocenters. The van der Waals surface area contributed by atoms with Crippen molar-refractivity contribution >= 4 is 17.0 Å².